The molecule has 1 aromatic heterocycles. The third kappa shape index (κ3) is 1.22. The van der Waals surface area contributed by atoms with Gasteiger partial charge in [-0.25, -0.2) is 4.98 Å². The standard InChI is InChI=1S/C8H10N2OS/c1-12(11)7-3-2-6-4-5-9-8(6)10-7/h2-3H,4-5H2,1H3,(H,9,10). The topological polar surface area (TPSA) is 42.0 Å². The van der Waals surface area contributed by atoms with Gasteiger partial charge in [-0.05, 0) is 18.1 Å². The molecule has 0 aromatic carbocycles. The molecule has 0 radical (unpaired) electrons. The second-order valence-electron chi connectivity index (χ2n) is 2.79. The third-order valence-electron chi connectivity index (χ3n) is 1.93. The fourth-order valence-electron chi connectivity index (χ4n) is 1.30. The Hall–Kier alpha value is -0.900. The highest BCUT2D eigenvalue weighted by atomic mass is 32.2. The second-order valence-corrected chi connectivity index (χ2v) is 4.11. The summed E-state index contributed by atoms with van der Waals surface area (Å²) in [6, 6.07) is 3.83. The first-order valence-electron chi connectivity index (χ1n) is 3.84. The molecule has 2 rings (SSSR count). The van der Waals surface area contributed by atoms with Crippen molar-refractivity contribution in [3.63, 3.8) is 0 Å². The van der Waals surface area contributed by atoms with Gasteiger partial charge < -0.3 is 5.32 Å². The molecule has 0 fully saturated rings. The van der Waals surface area contributed by atoms with Crippen LogP contribution in [0.5, 0.6) is 0 Å². The molecule has 1 aliphatic rings. The first-order valence-corrected chi connectivity index (χ1v) is 5.40. The molecule has 3 nitrogen and oxygen atoms in total. The van der Waals surface area contributed by atoms with Crippen molar-refractivity contribution in [3.8, 4) is 0 Å². The lowest BCUT2D eigenvalue weighted by Crippen LogP contribution is -1.97. The molecule has 1 atom stereocenters. The van der Waals surface area contributed by atoms with E-state index < -0.39 is 10.8 Å². The molecule has 0 saturated carbocycles. The highest BCUT2D eigenvalue weighted by molar-refractivity contribution is 7.84. The molecule has 0 bridgehead atoms. The van der Waals surface area contributed by atoms with Gasteiger partial charge in [0.05, 0.1) is 10.8 Å². The van der Waals surface area contributed by atoms with Crippen LogP contribution in [0.2, 0.25) is 0 Å². The predicted octanol–water partition coefficient (Wildman–Crippen LogP) is 0.787. The summed E-state index contributed by atoms with van der Waals surface area (Å²) in [7, 11) is -0.972. The Morgan fingerprint density at radius 2 is 2.42 bits per heavy atom. The van der Waals surface area contributed by atoms with Crippen LogP contribution in [0.1, 0.15) is 5.56 Å². The van der Waals surface area contributed by atoms with E-state index in [1.165, 1.54) is 5.56 Å². The van der Waals surface area contributed by atoms with Gasteiger partial charge in [0, 0.05) is 12.8 Å². The van der Waals surface area contributed by atoms with E-state index in [4.69, 9.17) is 0 Å². The molecule has 0 amide bonds. The summed E-state index contributed by atoms with van der Waals surface area (Å²) in [4.78, 5) is 4.24. The van der Waals surface area contributed by atoms with E-state index >= 15 is 0 Å². The van der Waals surface area contributed by atoms with Crippen LogP contribution in [-0.2, 0) is 17.2 Å². The van der Waals surface area contributed by atoms with E-state index in [0.29, 0.717) is 5.03 Å². The zero-order valence-corrected chi connectivity index (χ0v) is 7.65. The van der Waals surface area contributed by atoms with Crippen LogP contribution in [0.4, 0.5) is 5.82 Å². The normalized spacial score (nSPS) is 16.8. The lowest BCUT2D eigenvalue weighted by molar-refractivity contribution is 0.684. The zero-order valence-electron chi connectivity index (χ0n) is 6.83. The summed E-state index contributed by atoms with van der Waals surface area (Å²) in [5, 5.41) is 3.81. The molecule has 1 aromatic rings. The molecule has 0 saturated heterocycles. The van der Waals surface area contributed by atoms with Crippen LogP contribution in [0.25, 0.3) is 0 Å². The molecule has 2 heterocycles. The second kappa shape index (κ2) is 2.86. The van der Waals surface area contributed by atoms with Crippen molar-refractivity contribution in [3.05, 3.63) is 17.7 Å². The molecule has 1 aliphatic heterocycles. The fourth-order valence-corrected chi connectivity index (χ4v) is 1.78. The number of pyridine rings is 1. The number of fused-ring (bicyclic) bond motifs is 1. The SMILES string of the molecule is CS(=O)c1ccc2c(n1)NCC2. The molecule has 1 unspecified atom stereocenters. The van der Waals surface area contributed by atoms with Gasteiger partial charge in [-0.15, -0.1) is 0 Å². The summed E-state index contributed by atoms with van der Waals surface area (Å²) in [6.45, 7) is 0.947. The van der Waals surface area contributed by atoms with Crippen LogP contribution >= 0.6 is 0 Å². The van der Waals surface area contributed by atoms with Gasteiger partial charge >= 0.3 is 0 Å². The van der Waals surface area contributed by atoms with E-state index in [0.717, 1.165) is 18.8 Å². The summed E-state index contributed by atoms with van der Waals surface area (Å²) in [5.74, 6) is 0.905. The molecule has 1 N–H and O–H groups in total. The number of hydrogen-bond donors (Lipinski definition) is 1. The molecule has 0 aliphatic carbocycles. The first-order chi connectivity index (χ1) is 5.77. The zero-order chi connectivity index (χ0) is 8.55. The van der Waals surface area contributed by atoms with E-state index in [9.17, 15) is 4.21 Å². The summed E-state index contributed by atoms with van der Waals surface area (Å²) < 4.78 is 11.1. The maximum atomic E-state index is 11.1. The van der Waals surface area contributed by atoms with Crippen molar-refractivity contribution in [2.24, 2.45) is 0 Å². The molecule has 64 valence electrons. The van der Waals surface area contributed by atoms with Gasteiger partial charge in [0.2, 0.25) is 0 Å². The Bertz CT molecular complexity index is 338. The van der Waals surface area contributed by atoms with Crippen molar-refractivity contribution in [2.45, 2.75) is 11.4 Å². The van der Waals surface area contributed by atoms with Gasteiger partial charge in [-0.2, -0.15) is 0 Å². The lowest BCUT2D eigenvalue weighted by atomic mass is 10.2. The number of anilines is 1. The maximum Gasteiger partial charge on any atom is 0.130 e. The average molecular weight is 182 g/mol. The Morgan fingerprint density at radius 1 is 1.58 bits per heavy atom. The number of nitrogens with one attached hydrogen (secondary N) is 1. The van der Waals surface area contributed by atoms with Crippen molar-refractivity contribution in [1.82, 2.24) is 4.98 Å². The van der Waals surface area contributed by atoms with Crippen LogP contribution < -0.4 is 5.32 Å². The van der Waals surface area contributed by atoms with Crippen molar-refractivity contribution < 1.29 is 4.21 Å². The van der Waals surface area contributed by atoms with Gasteiger partial charge in [-0.1, -0.05) is 6.07 Å². The molecule has 4 heteroatoms. The number of aromatic nitrogens is 1. The van der Waals surface area contributed by atoms with Gasteiger partial charge in [0.15, 0.2) is 0 Å². The Balaban J connectivity index is 2.45. The first kappa shape index (κ1) is 7.73. The van der Waals surface area contributed by atoms with Crippen LogP contribution in [0.15, 0.2) is 17.2 Å². The summed E-state index contributed by atoms with van der Waals surface area (Å²) in [5.41, 5.74) is 1.23. The quantitative estimate of drug-likeness (QED) is 0.698. The molecular formula is C8H10N2OS. The Labute approximate surface area is 73.7 Å². The number of nitrogens with zero attached hydrogens (tertiary/aromatic N) is 1. The smallest absolute Gasteiger partial charge is 0.130 e. The lowest BCUT2D eigenvalue weighted by Gasteiger charge is -2.00. The maximum absolute atomic E-state index is 11.1. The number of rotatable bonds is 1. The third-order valence-corrected chi connectivity index (χ3v) is 2.75. The minimum Gasteiger partial charge on any atom is -0.369 e. The molecule has 12 heavy (non-hydrogen) atoms. The predicted molar refractivity (Wildman–Crippen MR) is 48.8 cm³/mol. The van der Waals surface area contributed by atoms with Crippen molar-refractivity contribution in [1.29, 1.82) is 0 Å². The average Bonchev–Trinajstić information content (AvgIpc) is 2.49. The van der Waals surface area contributed by atoms with Gasteiger partial charge in [-0.3, -0.25) is 4.21 Å². The fraction of sp³-hybridized carbons (Fsp3) is 0.375. The van der Waals surface area contributed by atoms with E-state index in [2.05, 4.69) is 10.3 Å². The van der Waals surface area contributed by atoms with Crippen molar-refractivity contribution >= 4 is 16.6 Å². The Morgan fingerprint density at radius 3 is 3.17 bits per heavy atom. The monoisotopic (exact) mass is 182 g/mol. The van der Waals surface area contributed by atoms with E-state index in [1.807, 2.05) is 12.1 Å². The van der Waals surface area contributed by atoms with E-state index in [-0.39, 0.29) is 0 Å². The highest BCUT2D eigenvalue weighted by Gasteiger charge is 2.12. The minimum atomic E-state index is -0.972. The van der Waals surface area contributed by atoms with Crippen LogP contribution in [0.3, 0.4) is 0 Å². The highest BCUT2D eigenvalue weighted by Crippen LogP contribution is 2.20. The molecular weight excluding hydrogens is 172 g/mol. The van der Waals surface area contributed by atoms with Gasteiger partial charge in [0.25, 0.3) is 0 Å². The largest absolute Gasteiger partial charge is 0.369 e. The van der Waals surface area contributed by atoms with Gasteiger partial charge in [0.1, 0.15) is 10.8 Å². The van der Waals surface area contributed by atoms with Crippen molar-refractivity contribution in [2.75, 3.05) is 18.1 Å². The summed E-state index contributed by atoms with van der Waals surface area (Å²) in [6.07, 6.45) is 2.67. The van der Waals surface area contributed by atoms with E-state index in [1.54, 1.807) is 6.26 Å². The Kier molecular flexibility index (Phi) is 1.84. The summed E-state index contributed by atoms with van der Waals surface area (Å²) >= 11 is 0. The minimum absolute atomic E-state index is 0.656. The van der Waals surface area contributed by atoms with Crippen LogP contribution in [-0.4, -0.2) is 22.0 Å². The van der Waals surface area contributed by atoms with Crippen LogP contribution in [0, 0.1) is 0 Å². The number of hydrogen-bond acceptors (Lipinski definition) is 3. The molecule has 0 spiro atoms.